The molecule has 24 heavy (non-hydrogen) atoms. The van der Waals surface area contributed by atoms with E-state index in [1.807, 2.05) is 20.8 Å². The summed E-state index contributed by atoms with van der Waals surface area (Å²) < 4.78 is 19.3. The first-order valence-corrected chi connectivity index (χ1v) is 8.42. The fraction of sp³-hybridized carbons (Fsp3) is 0.611. The molecule has 0 N–H and O–H groups in total. The van der Waals surface area contributed by atoms with Crippen LogP contribution < -0.4 is 0 Å². The van der Waals surface area contributed by atoms with Crippen molar-refractivity contribution in [2.24, 2.45) is 5.92 Å². The monoisotopic (exact) mass is 334 g/mol. The van der Waals surface area contributed by atoms with E-state index in [9.17, 15) is 14.0 Å². The van der Waals surface area contributed by atoms with Gasteiger partial charge in [-0.1, -0.05) is 0 Å². The van der Waals surface area contributed by atoms with Gasteiger partial charge in [0.25, 0.3) is 0 Å². The van der Waals surface area contributed by atoms with Crippen molar-refractivity contribution in [3.8, 4) is 0 Å². The minimum Gasteiger partial charge on any atom is -0.444 e. The van der Waals surface area contributed by atoms with Gasteiger partial charge in [-0.3, -0.25) is 4.79 Å². The summed E-state index contributed by atoms with van der Waals surface area (Å²) in [7, 11) is 0. The van der Waals surface area contributed by atoms with Gasteiger partial charge in [0, 0.05) is 24.2 Å². The lowest BCUT2D eigenvalue weighted by Crippen LogP contribution is -2.49. The van der Waals surface area contributed by atoms with Gasteiger partial charge in [0.05, 0.1) is 5.56 Å². The van der Waals surface area contributed by atoms with Gasteiger partial charge >= 0.3 is 6.09 Å². The van der Waals surface area contributed by atoms with E-state index in [2.05, 4.69) is 4.98 Å². The van der Waals surface area contributed by atoms with Crippen molar-refractivity contribution in [3.05, 3.63) is 29.8 Å². The van der Waals surface area contributed by atoms with Crippen molar-refractivity contribution in [1.29, 1.82) is 0 Å². The van der Waals surface area contributed by atoms with Crippen LogP contribution in [0.1, 0.15) is 56.8 Å². The largest absolute Gasteiger partial charge is 0.444 e. The molecule has 0 aromatic carbocycles. The van der Waals surface area contributed by atoms with Crippen LogP contribution in [0.15, 0.2) is 18.3 Å². The Labute approximate surface area is 141 Å². The smallest absolute Gasteiger partial charge is 0.410 e. The summed E-state index contributed by atoms with van der Waals surface area (Å²) in [6, 6.07) is 3.03. The standard InChI is InChI=1S/C18H23FN2O3/c1-18(2,3)24-17(23)21-12-6-7-13(21)10-11(9-12)15(22)14-5-4-8-20-16(14)19/h4-5,8,11-13H,6-7,9-10H2,1-3H3. The molecule has 130 valence electrons. The second-order valence-corrected chi connectivity index (χ2v) is 7.65. The number of aromatic nitrogens is 1. The molecule has 0 radical (unpaired) electrons. The number of fused-ring (bicyclic) bond motifs is 2. The number of ether oxygens (including phenoxy) is 1. The van der Waals surface area contributed by atoms with Crippen molar-refractivity contribution >= 4 is 11.9 Å². The number of Topliss-reactive ketones (excluding diaryl/α,β-unsaturated/α-hetero) is 1. The number of hydrogen-bond donors (Lipinski definition) is 0. The van der Waals surface area contributed by atoms with Crippen LogP contribution in [0, 0.1) is 11.9 Å². The molecule has 2 bridgehead atoms. The number of carbonyl (C=O) groups excluding carboxylic acids is 2. The molecule has 3 heterocycles. The van der Waals surface area contributed by atoms with E-state index in [4.69, 9.17) is 4.74 Å². The Kier molecular flexibility index (Phi) is 4.32. The number of halogens is 1. The highest BCUT2D eigenvalue weighted by Gasteiger charge is 2.46. The van der Waals surface area contributed by atoms with Crippen molar-refractivity contribution in [1.82, 2.24) is 9.88 Å². The lowest BCUT2D eigenvalue weighted by Gasteiger charge is -2.39. The zero-order valence-electron chi connectivity index (χ0n) is 14.3. The Morgan fingerprint density at radius 1 is 1.25 bits per heavy atom. The Morgan fingerprint density at radius 3 is 2.42 bits per heavy atom. The summed E-state index contributed by atoms with van der Waals surface area (Å²) in [6.45, 7) is 5.52. The number of amides is 1. The van der Waals surface area contributed by atoms with E-state index in [1.165, 1.54) is 12.3 Å². The summed E-state index contributed by atoms with van der Waals surface area (Å²) >= 11 is 0. The Balaban J connectivity index is 1.72. The molecule has 2 aliphatic rings. The van der Waals surface area contributed by atoms with Crippen molar-refractivity contribution < 1.29 is 18.7 Å². The third kappa shape index (κ3) is 3.28. The predicted molar refractivity (Wildman–Crippen MR) is 86.1 cm³/mol. The molecule has 1 aromatic rings. The lowest BCUT2D eigenvalue weighted by molar-refractivity contribution is 0.00250. The maximum atomic E-state index is 13.8. The van der Waals surface area contributed by atoms with Gasteiger partial charge in [-0.15, -0.1) is 0 Å². The minimum absolute atomic E-state index is 0.00715. The van der Waals surface area contributed by atoms with Crippen LogP contribution in [0.3, 0.4) is 0 Å². The van der Waals surface area contributed by atoms with Crippen LogP contribution in [-0.4, -0.2) is 39.4 Å². The molecular weight excluding hydrogens is 311 g/mol. The maximum absolute atomic E-state index is 13.8. The molecule has 0 aliphatic carbocycles. The molecule has 2 unspecified atom stereocenters. The predicted octanol–water partition coefficient (Wildman–Crippen LogP) is 3.58. The fourth-order valence-electron chi connectivity index (χ4n) is 3.79. The van der Waals surface area contributed by atoms with E-state index >= 15 is 0 Å². The first-order chi connectivity index (χ1) is 11.3. The second-order valence-electron chi connectivity index (χ2n) is 7.65. The molecule has 2 aliphatic heterocycles. The number of hydrogen-bond acceptors (Lipinski definition) is 4. The van der Waals surface area contributed by atoms with Gasteiger partial charge in [-0.05, 0) is 58.6 Å². The van der Waals surface area contributed by atoms with Crippen LogP contribution in [0.25, 0.3) is 0 Å². The second kappa shape index (κ2) is 6.15. The van der Waals surface area contributed by atoms with E-state index in [1.54, 1.807) is 11.0 Å². The number of piperidine rings is 1. The third-order valence-corrected chi connectivity index (χ3v) is 4.73. The quantitative estimate of drug-likeness (QED) is 0.613. The number of rotatable bonds is 2. The van der Waals surface area contributed by atoms with Crippen molar-refractivity contribution in [3.63, 3.8) is 0 Å². The molecule has 0 spiro atoms. The summed E-state index contributed by atoms with van der Waals surface area (Å²) in [5, 5.41) is 0. The van der Waals surface area contributed by atoms with E-state index in [0.717, 1.165) is 12.8 Å². The fourth-order valence-corrected chi connectivity index (χ4v) is 3.79. The van der Waals surface area contributed by atoms with Crippen LogP contribution >= 0.6 is 0 Å². The number of ketones is 1. The van der Waals surface area contributed by atoms with E-state index in [0.29, 0.717) is 12.8 Å². The van der Waals surface area contributed by atoms with Crippen molar-refractivity contribution in [2.75, 3.05) is 0 Å². The first-order valence-electron chi connectivity index (χ1n) is 8.42. The molecule has 2 saturated heterocycles. The highest BCUT2D eigenvalue weighted by molar-refractivity contribution is 5.98. The number of pyridine rings is 1. The molecule has 2 atom stereocenters. The van der Waals surface area contributed by atoms with Gasteiger partial charge in [0.1, 0.15) is 5.60 Å². The highest BCUT2D eigenvalue weighted by atomic mass is 19.1. The molecule has 6 heteroatoms. The zero-order chi connectivity index (χ0) is 17.5. The molecule has 0 saturated carbocycles. The topological polar surface area (TPSA) is 59.5 Å². The average molecular weight is 334 g/mol. The van der Waals surface area contributed by atoms with Gasteiger partial charge in [-0.25, -0.2) is 9.78 Å². The van der Waals surface area contributed by atoms with Crippen LogP contribution in [0.2, 0.25) is 0 Å². The number of carbonyl (C=O) groups is 2. The summed E-state index contributed by atoms with van der Waals surface area (Å²) in [5.41, 5.74) is -0.491. The normalized spacial score (nSPS) is 26.3. The first kappa shape index (κ1) is 16.9. The minimum atomic E-state index is -0.718. The maximum Gasteiger partial charge on any atom is 0.410 e. The molecule has 2 fully saturated rings. The Bertz CT molecular complexity index is 642. The molecule has 1 aromatic heterocycles. The SMILES string of the molecule is CC(C)(C)OC(=O)N1C2CCC1CC(C(=O)c1cccnc1F)C2. The molecule has 5 nitrogen and oxygen atoms in total. The lowest BCUT2D eigenvalue weighted by atomic mass is 9.85. The summed E-state index contributed by atoms with van der Waals surface area (Å²) in [5.74, 6) is -1.19. The summed E-state index contributed by atoms with van der Waals surface area (Å²) in [4.78, 5) is 30.4. The van der Waals surface area contributed by atoms with Crippen LogP contribution in [0.5, 0.6) is 0 Å². The zero-order valence-corrected chi connectivity index (χ0v) is 14.3. The summed E-state index contributed by atoms with van der Waals surface area (Å²) in [6.07, 6.45) is 3.87. The van der Waals surface area contributed by atoms with E-state index < -0.39 is 11.5 Å². The molecule has 3 rings (SSSR count). The molecule has 1 amide bonds. The van der Waals surface area contributed by atoms with Crippen molar-refractivity contribution in [2.45, 2.75) is 64.1 Å². The van der Waals surface area contributed by atoms with Gasteiger partial charge in [-0.2, -0.15) is 4.39 Å². The Hall–Kier alpha value is -1.98. The van der Waals surface area contributed by atoms with Gasteiger partial charge in [0.15, 0.2) is 5.78 Å². The van der Waals surface area contributed by atoms with Gasteiger partial charge in [0.2, 0.25) is 5.95 Å². The number of nitrogens with zero attached hydrogens (tertiary/aromatic N) is 2. The highest BCUT2D eigenvalue weighted by Crippen LogP contribution is 2.40. The van der Waals surface area contributed by atoms with Crippen LogP contribution in [-0.2, 0) is 4.74 Å². The van der Waals surface area contributed by atoms with Crippen LogP contribution in [0.4, 0.5) is 9.18 Å². The average Bonchev–Trinajstić information content (AvgIpc) is 2.76. The molecular formula is C18H23FN2O3. The Morgan fingerprint density at radius 2 is 1.88 bits per heavy atom. The third-order valence-electron chi connectivity index (χ3n) is 4.73. The van der Waals surface area contributed by atoms with Gasteiger partial charge < -0.3 is 9.64 Å². The van der Waals surface area contributed by atoms with E-state index in [-0.39, 0.29) is 35.4 Å².